The van der Waals surface area contributed by atoms with Gasteiger partial charge in [-0.15, -0.1) is 5.10 Å². The molecule has 1 aromatic carbocycles. The topological polar surface area (TPSA) is 65.4 Å². The third-order valence-electron chi connectivity index (χ3n) is 2.61. The Morgan fingerprint density at radius 2 is 1.95 bits per heavy atom. The fraction of sp³-hybridized carbons (Fsp3) is 0.0769. The van der Waals surface area contributed by atoms with E-state index in [0.717, 1.165) is 5.75 Å². The lowest BCUT2D eigenvalue weighted by Gasteiger charge is -2.02. The van der Waals surface area contributed by atoms with Crippen molar-refractivity contribution in [3.8, 4) is 5.75 Å². The highest BCUT2D eigenvalue weighted by molar-refractivity contribution is 6.30. The molecule has 19 heavy (non-hydrogen) atoms. The maximum absolute atomic E-state index is 5.80. The van der Waals surface area contributed by atoms with Gasteiger partial charge in [0.1, 0.15) is 18.2 Å². The quantitative estimate of drug-likeness (QED) is 0.797. The van der Waals surface area contributed by atoms with E-state index in [1.165, 1.54) is 0 Å². The van der Waals surface area contributed by atoms with E-state index in [1.54, 1.807) is 34.8 Å². The van der Waals surface area contributed by atoms with Crippen molar-refractivity contribution < 1.29 is 4.74 Å². The van der Waals surface area contributed by atoms with Crippen LogP contribution in [0.25, 0.3) is 5.65 Å². The van der Waals surface area contributed by atoms with E-state index in [2.05, 4.69) is 10.1 Å². The molecule has 2 N–H and O–H groups in total. The minimum Gasteiger partial charge on any atom is -0.486 e. The van der Waals surface area contributed by atoms with E-state index in [9.17, 15) is 0 Å². The first-order chi connectivity index (χ1) is 9.22. The normalized spacial score (nSPS) is 10.8. The number of rotatable bonds is 3. The van der Waals surface area contributed by atoms with Crippen LogP contribution in [-0.2, 0) is 6.61 Å². The molecule has 3 rings (SSSR count). The molecule has 0 fully saturated rings. The third kappa shape index (κ3) is 2.46. The molecule has 0 unspecified atom stereocenters. The van der Waals surface area contributed by atoms with Crippen LogP contribution < -0.4 is 10.5 Å². The third-order valence-corrected chi connectivity index (χ3v) is 2.87. The van der Waals surface area contributed by atoms with E-state index in [0.29, 0.717) is 22.3 Å². The molecule has 6 heteroatoms. The van der Waals surface area contributed by atoms with Crippen molar-refractivity contribution in [2.24, 2.45) is 0 Å². The van der Waals surface area contributed by atoms with Crippen molar-refractivity contribution in [1.29, 1.82) is 0 Å². The average Bonchev–Trinajstić information content (AvgIpc) is 2.83. The molecule has 0 atom stereocenters. The molecule has 3 aromatic rings. The first-order valence-electron chi connectivity index (χ1n) is 5.71. The number of nitrogen functional groups attached to an aromatic ring is 1. The zero-order valence-corrected chi connectivity index (χ0v) is 10.7. The molecule has 0 aliphatic carbocycles. The summed E-state index contributed by atoms with van der Waals surface area (Å²) in [4.78, 5) is 4.33. The lowest BCUT2D eigenvalue weighted by Crippen LogP contribution is -2.00. The summed E-state index contributed by atoms with van der Waals surface area (Å²) < 4.78 is 7.16. The van der Waals surface area contributed by atoms with Gasteiger partial charge >= 0.3 is 0 Å². The Bertz CT molecular complexity index is 708. The van der Waals surface area contributed by atoms with Gasteiger partial charge in [0.05, 0.1) is 0 Å². The monoisotopic (exact) mass is 274 g/mol. The number of pyridine rings is 1. The number of anilines is 1. The lowest BCUT2D eigenvalue weighted by atomic mass is 10.3. The van der Waals surface area contributed by atoms with Crippen LogP contribution in [-0.4, -0.2) is 14.6 Å². The zero-order valence-electron chi connectivity index (χ0n) is 9.95. The lowest BCUT2D eigenvalue weighted by molar-refractivity contribution is 0.296. The van der Waals surface area contributed by atoms with Gasteiger partial charge in [0.2, 0.25) is 0 Å². The van der Waals surface area contributed by atoms with Crippen molar-refractivity contribution in [1.82, 2.24) is 14.6 Å². The molecule has 2 aromatic heterocycles. The van der Waals surface area contributed by atoms with Gasteiger partial charge in [-0.3, -0.25) is 0 Å². The molecular weight excluding hydrogens is 264 g/mol. The SMILES string of the molecule is Nc1cccc2nc(COc3ccc(Cl)cc3)nn12. The molecule has 0 saturated carbocycles. The summed E-state index contributed by atoms with van der Waals surface area (Å²) in [5.74, 6) is 1.84. The van der Waals surface area contributed by atoms with Crippen LogP contribution in [0.15, 0.2) is 42.5 Å². The molecule has 5 nitrogen and oxygen atoms in total. The van der Waals surface area contributed by atoms with Crippen LogP contribution >= 0.6 is 11.6 Å². The predicted octanol–water partition coefficient (Wildman–Crippen LogP) is 2.54. The predicted molar refractivity (Wildman–Crippen MR) is 73.2 cm³/mol. The summed E-state index contributed by atoms with van der Waals surface area (Å²) in [5, 5.41) is 4.95. The Hall–Kier alpha value is -2.27. The van der Waals surface area contributed by atoms with Gasteiger partial charge < -0.3 is 10.5 Å². The number of hydrogen-bond donors (Lipinski definition) is 1. The van der Waals surface area contributed by atoms with E-state index in [-0.39, 0.29) is 6.61 Å². The Labute approximate surface area is 114 Å². The van der Waals surface area contributed by atoms with Crippen molar-refractivity contribution in [2.75, 3.05) is 5.73 Å². The number of aromatic nitrogens is 3. The molecule has 0 aliphatic rings. The minimum atomic E-state index is 0.281. The van der Waals surface area contributed by atoms with Crippen LogP contribution in [0.5, 0.6) is 5.75 Å². The summed E-state index contributed by atoms with van der Waals surface area (Å²) in [6.07, 6.45) is 0. The molecule has 2 heterocycles. The summed E-state index contributed by atoms with van der Waals surface area (Å²) in [7, 11) is 0. The van der Waals surface area contributed by atoms with Crippen molar-refractivity contribution in [3.63, 3.8) is 0 Å². The number of halogens is 1. The average molecular weight is 275 g/mol. The number of nitrogens with zero attached hydrogens (tertiary/aromatic N) is 3. The second kappa shape index (κ2) is 4.78. The Morgan fingerprint density at radius 1 is 1.16 bits per heavy atom. The van der Waals surface area contributed by atoms with Gasteiger partial charge in [-0.05, 0) is 36.4 Å². The van der Waals surface area contributed by atoms with E-state index < -0.39 is 0 Å². The molecular formula is C13H11ClN4O. The number of fused-ring (bicyclic) bond motifs is 1. The molecule has 0 radical (unpaired) electrons. The van der Waals surface area contributed by atoms with E-state index >= 15 is 0 Å². The smallest absolute Gasteiger partial charge is 0.189 e. The molecule has 96 valence electrons. The van der Waals surface area contributed by atoms with E-state index in [4.69, 9.17) is 22.1 Å². The highest BCUT2D eigenvalue weighted by atomic mass is 35.5. The fourth-order valence-electron chi connectivity index (χ4n) is 1.71. The van der Waals surface area contributed by atoms with Crippen molar-refractivity contribution >= 4 is 23.1 Å². The maximum atomic E-state index is 5.80. The summed E-state index contributed by atoms with van der Waals surface area (Å²) >= 11 is 5.80. The van der Waals surface area contributed by atoms with Gasteiger partial charge in [0.25, 0.3) is 0 Å². The van der Waals surface area contributed by atoms with Gasteiger partial charge in [-0.25, -0.2) is 4.98 Å². The van der Waals surface area contributed by atoms with Crippen molar-refractivity contribution in [3.05, 3.63) is 53.3 Å². The molecule has 0 bridgehead atoms. The van der Waals surface area contributed by atoms with Gasteiger partial charge in [-0.2, -0.15) is 4.52 Å². The van der Waals surface area contributed by atoms with Gasteiger partial charge in [-0.1, -0.05) is 17.7 Å². The number of ether oxygens (including phenoxy) is 1. The van der Waals surface area contributed by atoms with E-state index in [1.807, 2.05) is 12.1 Å². The largest absolute Gasteiger partial charge is 0.486 e. The van der Waals surface area contributed by atoms with Crippen LogP contribution in [0.3, 0.4) is 0 Å². The number of benzene rings is 1. The summed E-state index contributed by atoms with van der Waals surface area (Å²) in [6.45, 7) is 0.281. The number of hydrogen-bond acceptors (Lipinski definition) is 4. The Morgan fingerprint density at radius 3 is 2.68 bits per heavy atom. The Balaban J connectivity index is 1.78. The first kappa shape index (κ1) is 11.8. The molecule has 0 spiro atoms. The maximum Gasteiger partial charge on any atom is 0.189 e. The van der Waals surface area contributed by atoms with Crippen LogP contribution in [0, 0.1) is 0 Å². The summed E-state index contributed by atoms with van der Waals surface area (Å²) in [5.41, 5.74) is 6.50. The summed E-state index contributed by atoms with van der Waals surface area (Å²) in [6, 6.07) is 12.6. The Kier molecular flexibility index (Phi) is 2.97. The minimum absolute atomic E-state index is 0.281. The molecule has 0 amide bonds. The molecule has 0 saturated heterocycles. The second-order valence-corrected chi connectivity index (χ2v) is 4.43. The van der Waals surface area contributed by atoms with Crippen LogP contribution in [0.4, 0.5) is 5.82 Å². The van der Waals surface area contributed by atoms with Crippen LogP contribution in [0.1, 0.15) is 5.82 Å². The zero-order chi connectivity index (χ0) is 13.2. The second-order valence-electron chi connectivity index (χ2n) is 3.99. The van der Waals surface area contributed by atoms with Crippen LogP contribution in [0.2, 0.25) is 5.02 Å². The first-order valence-corrected chi connectivity index (χ1v) is 6.09. The standard InChI is InChI=1S/C13H11ClN4O/c14-9-4-6-10(7-5-9)19-8-12-16-13-3-1-2-11(15)18(13)17-12/h1-7H,8,15H2. The highest BCUT2D eigenvalue weighted by Crippen LogP contribution is 2.16. The molecule has 0 aliphatic heterocycles. The fourth-order valence-corrected chi connectivity index (χ4v) is 1.84. The van der Waals surface area contributed by atoms with Gasteiger partial charge in [0.15, 0.2) is 11.5 Å². The highest BCUT2D eigenvalue weighted by Gasteiger charge is 2.06. The van der Waals surface area contributed by atoms with Crippen molar-refractivity contribution in [2.45, 2.75) is 6.61 Å². The number of nitrogens with two attached hydrogens (primary N) is 1. The van der Waals surface area contributed by atoms with Gasteiger partial charge in [0, 0.05) is 5.02 Å².